The molecular formula is C29H32FN5O3. The number of aliphatic hydroxyl groups is 1. The number of hydrogen-bond donors (Lipinski definition) is 3. The molecule has 3 N–H and O–H groups in total. The molecule has 38 heavy (non-hydrogen) atoms. The zero-order chi connectivity index (χ0) is 27.4. The van der Waals surface area contributed by atoms with E-state index in [2.05, 4.69) is 9.97 Å². The Kier molecular flexibility index (Phi) is 8.16. The Labute approximate surface area is 221 Å². The molecule has 0 spiro atoms. The summed E-state index contributed by atoms with van der Waals surface area (Å²) in [6.07, 6.45) is 1.91. The third-order valence-electron chi connectivity index (χ3n) is 6.70. The predicted octanol–water partition coefficient (Wildman–Crippen LogP) is 4.06. The van der Waals surface area contributed by atoms with E-state index in [-0.39, 0.29) is 35.3 Å². The van der Waals surface area contributed by atoms with E-state index < -0.39 is 6.10 Å². The van der Waals surface area contributed by atoms with Crippen LogP contribution >= 0.6 is 0 Å². The fraction of sp³-hybridized carbons (Fsp3) is 0.310. The molecule has 1 aliphatic rings. The molecule has 4 rings (SSSR count). The Hall–Kier alpha value is -4.11. The van der Waals surface area contributed by atoms with Gasteiger partial charge in [0.1, 0.15) is 17.3 Å². The van der Waals surface area contributed by atoms with Crippen molar-refractivity contribution in [3.8, 4) is 0 Å². The van der Waals surface area contributed by atoms with E-state index in [4.69, 9.17) is 5.41 Å². The van der Waals surface area contributed by atoms with E-state index in [0.29, 0.717) is 42.3 Å². The van der Waals surface area contributed by atoms with Gasteiger partial charge in [0.15, 0.2) is 6.10 Å². The number of H-pyrrole nitrogens is 1. The van der Waals surface area contributed by atoms with Crippen molar-refractivity contribution in [2.45, 2.75) is 32.9 Å². The Morgan fingerprint density at radius 3 is 2.45 bits per heavy atom. The first-order valence-corrected chi connectivity index (χ1v) is 12.6. The number of allylic oxidation sites excluding steroid dienone is 2. The highest BCUT2D eigenvalue weighted by Crippen LogP contribution is 2.24. The summed E-state index contributed by atoms with van der Waals surface area (Å²) in [5, 5.41) is 19.0. The summed E-state index contributed by atoms with van der Waals surface area (Å²) >= 11 is 0. The number of carbonyl (C=O) groups is 2. The molecule has 0 bridgehead atoms. The van der Waals surface area contributed by atoms with Crippen molar-refractivity contribution in [2.24, 2.45) is 5.92 Å². The fourth-order valence-electron chi connectivity index (χ4n) is 4.53. The predicted molar refractivity (Wildman–Crippen MR) is 143 cm³/mol. The topological polar surface area (TPSA) is 113 Å². The van der Waals surface area contributed by atoms with Crippen LogP contribution < -0.4 is 0 Å². The summed E-state index contributed by atoms with van der Waals surface area (Å²) in [5.74, 6) is -0.479. The number of aliphatic hydroxyl groups excluding tert-OH is 1. The number of aromatic amines is 1. The van der Waals surface area contributed by atoms with Gasteiger partial charge in [0.05, 0.1) is 11.9 Å². The Morgan fingerprint density at radius 1 is 1.13 bits per heavy atom. The van der Waals surface area contributed by atoms with E-state index in [0.717, 1.165) is 5.57 Å². The molecular weight excluding hydrogens is 485 g/mol. The molecule has 198 valence electrons. The maximum absolute atomic E-state index is 13.3. The van der Waals surface area contributed by atoms with Gasteiger partial charge in [0.25, 0.3) is 11.8 Å². The molecule has 1 aromatic heterocycles. The molecule has 0 aliphatic carbocycles. The van der Waals surface area contributed by atoms with E-state index in [9.17, 15) is 19.1 Å². The number of imidazole rings is 1. The van der Waals surface area contributed by atoms with Crippen LogP contribution in [-0.2, 0) is 4.79 Å². The molecule has 9 heteroatoms. The van der Waals surface area contributed by atoms with Gasteiger partial charge < -0.3 is 25.3 Å². The lowest BCUT2D eigenvalue weighted by Crippen LogP contribution is -2.56. The molecule has 2 atom stereocenters. The number of carbonyl (C=O) groups excluding carboxylic acids is 2. The standard InChI is InChI=1S/C29H32FN5O3/c1-18(2)23(15-24(31)20-9-11-22(30)12-10-20)27-32-16-25(33-27)28(37)34-13-14-35(19(3)17-34)29(38)26(36)21-7-5-4-6-8-21/h4-12,15-16,18-19,26,31,36H,13-14,17H2,1-3H3,(H,32,33)/b23-15-,31-24?/t19-,26?/m0/s1. The van der Waals surface area contributed by atoms with Gasteiger partial charge in [0.2, 0.25) is 0 Å². The first-order valence-electron chi connectivity index (χ1n) is 12.6. The van der Waals surface area contributed by atoms with Crippen LogP contribution in [0.3, 0.4) is 0 Å². The summed E-state index contributed by atoms with van der Waals surface area (Å²) in [6, 6.07) is 14.2. The van der Waals surface area contributed by atoms with E-state index in [1.807, 2.05) is 26.8 Å². The second-order valence-corrected chi connectivity index (χ2v) is 9.77. The first-order chi connectivity index (χ1) is 18.2. The lowest BCUT2D eigenvalue weighted by molar-refractivity contribution is -0.144. The molecule has 0 saturated carbocycles. The Balaban J connectivity index is 1.44. The first kappa shape index (κ1) is 26.9. The number of halogens is 1. The molecule has 2 amide bonds. The molecule has 1 fully saturated rings. The fourth-order valence-corrected chi connectivity index (χ4v) is 4.53. The summed E-state index contributed by atoms with van der Waals surface area (Å²) in [7, 11) is 0. The molecule has 1 saturated heterocycles. The van der Waals surface area contributed by atoms with Crippen molar-refractivity contribution in [1.29, 1.82) is 5.41 Å². The maximum atomic E-state index is 13.3. The van der Waals surface area contributed by atoms with Crippen LogP contribution in [0.15, 0.2) is 66.9 Å². The van der Waals surface area contributed by atoms with Crippen molar-refractivity contribution >= 4 is 23.1 Å². The minimum atomic E-state index is -1.24. The molecule has 2 heterocycles. The number of aromatic nitrogens is 2. The third kappa shape index (κ3) is 5.89. The highest BCUT2D eigenvalue weighted by atomic mass is 19.1. The summed E-state index contributed by atoms with van der Waals surface area (Å²) in [4.78, 5) is 37.0. The van der Waals surface area contributed by atoms with Crippen LogP contribution in [0.5, 0.6) is 0 Å². The molecule has 1 unspecified atom stereocenters. The van der Waals surface area contributed by atoms with Crippen LogP contribution in [0.1, 0.15) is 54.3 Å². The lowest BCUT2D eigenvalue weighted by Gasteiger charge is -2.40. The molecule has 0 radical (unpaired) electrons. The van der Waals surface area contributed by atoms with Gasteiger partial charge in [-0.2, -0.15) is 0 Å². The zero-order valence-electron chi connectivity index (χ0n) is 21.7. The van der Waals surface area contributed by atoms with Gasteiger partial charge in [-0.1, -0.05) is 44.2 Å². The van der Waals surface area contributed by atoms with Crippen LogP contribution in [-0.4, -0.2) is 68.1 Å². The number of nitrogens with zero attached hydrogens (tertiary/aromatic N) is 3. The maximum Gasteiger partial charge on any atom is 0.272 e. The molecule has 1 aliphatic heterocycles. The van der Waals surface area contributed by atoms with Crippen molar-refractivity contribution in [3.05, 3.63) is 95.3 Å². The van der Waals surface area contributed by atoms with E-state index in [1.54, 1.807) is 52.3 Å². The number of hydrogen-bond acceptors (Lipinski definition) is 5. The lowest BCUT2D eigenvalue weighted by atomic mass is 9.98. The van der Waals surface area contributed by atoms with Gasteiger partial charge in [-0.3, -0.25) is 9.59 Å². The second kappa shape index (κ2) is 11.5. The molecule has 8 nitrogen and oxygen atoms in total. The van der Waals surface area contributed by atoms with Gasteiger partial charge >= 0.3 is 0 Å². The largest absolute Gasteiger partial charge is 0.378 e. The molecule has 2 aromatic carbocycles. The highest BCUT2D eigenvalue weighted by Gasteiger charge is 2.34. The van der Waals surface area contributed by atoms with Crippen molar-refractivity contribution < 1.29 is 19.1 Å². The number of nitrogens with one attached hydrogen (secondary N) is 2. The van der Waals surface area contributed by atoms with Crippen LogP contribution in [0.2, 0.25) is 0 Å². The van der Waals surface area contributed by atoms with Crippen LogP contribution in [0, 0.1) is 17.1 Å². The summed E-state index contributed by atoms with van der Waals surface area (Å²) in [6.45, 7) is 6.75. The van der Waals surface area contributed by atoms with Gasteiger partial charge in [-0.25, -0.2) is 9.37 Å². The van der Waals surface area contributed by atoms with Crippen molar-refractivity contribution in [1.82, 2.24) is 19.8 Å². The summed E-state index contributed by atoms with van der Waals surface area (Å²) < 4.78 is 13.3. The quantitative estimate of drug-likeness (QED) is 0.410. The number of piperazine rings is 1. The normalized spacial score (nSPS) is 17.0. The smallest absolute Gasteiger partial charge is 0.272 e. The van der Waals surface area contributed by atoms with Gasteiger partial charge in [-0.05, 0) is 59.9 Å². The molecule has 3 aromatic rings. The van der Waals surface area contributed by atoms with Crippen molar-refractivity contribution in [3.63, 3.8) is 0 Å². The van der Waals surface area contributed by atoms with Crippen LogP contribution in [0.25, 0.3) is 5.57 Å². The number of benzene rings is 2. The zero-order valence-corrected chi connectivity index (χ0v) is 21.7. The monoisotopic (exact) mass is 517 g/mol. The van der Waals surface area contributed by atoms with Gasteiger partial charge in [0, 0.05) is 25.7 Å². The SMILES string of the molecule is CC(C)/C(=C/C(=N)c1ccc(F)cc1)c1ncc(C(=O)N2CCN(C(=O)C(O)c3ccccc3)[C@@H](C)C2)[nH]1. The Morgan fingerprint density at radius 2 is 1.82 bits per heavy atom. The van der Waals surface area contributed by atoms with Crippen molar-refractivity contribution in [2.75, 3.05) is 19.6 Å². The Bertz CT molecular complexity index is 1330. The van der Waals surface area contributed by atoms with Crippen LogP contribution in [0.4, 0.5) is 4.39 Å². The van der Waals surface area contributed by atoms with E-state index >= 15 is 0 Å². The average molecular weight is 518 g/mol. The minimum absolute atomic E-state index is 0.00974. The third-order valence-corrected chi connectivity index (χ3v) is 6.70. The minimum Gasteiger partial charge on any atom is -0.378 e. The highest BCUT2D eigenvalue weighted by molar-refractivity contribution is 6.10. The second-order valence-electron chi connectivity index (χ2n) is 9.77. The number of rotatable bonds is 7. The summed E-state index contributed by atoms with van der Waals surface area (Å²) in [5.41, 5.74) is 2.39. The van der Waals surface area contributed by atoms with Gasteiger partial charge in [-0.15, -0.1) is 0 Å². The van der Waals surface area contributed by atoms with E-state index in [1.165, 1.54) is 18.3 Å². The number of amides is 2. The average Bonchev–Trinajstić information content (AvgIpc) is 3.41.